The lowest BCUT2D eigenvalue weighted by Crippen LogP contribution is -2.32. The maximum atomic E-state index is 5.90. The van der Waals surface area contributed by atoms with Gasteiger partial charge in [0.25, 0.3) is 0 Å². The fraction of sp³-hybridized carbons (Fsp3) is 0.692. The van der Waals surface area contributed by atoms with Crippen molar-refractivity contribution in [3.8, 4) is 0 Å². The third-order valence-electron chi connectivity index (χ3n) is 3.44. The van der Waals surface area contributed by atoms with E-state index in [0.717, 1.165) is 24.6 Å². The second kappa shape index (κ2) is 5.51. The predicted octanol–water partition coefficient (Wildman–Crippen LogP) is 1.52. The molecule has 2 rings (SSSR count). The van der Waals surface area contributed by atoms with E-state index in [0.29, 0.717) is 0 Å². The molecule has 0 aromatic carbocycles. The average Bonchev–Trinajstić information content (AvgIpc) is 2.28. The summed E-state index contributed by atoms with van der Waals surface area (Å²) in [5.41, 5.74) is 6.57. The standard InChI is InChI=1S/C13H22N2O/c1-15-7-5-11(6-8-15)10-16-13-4-2-3-12(14)9-13/h2-3,9,11,13H,4-8,10,14H2,1H3. The van der Waals surface area contributed by atoms with Crippen molar-refractivity contribution in [2.75, 3.05) is 26.7 Å². The Labute approximate surface area is 97.9 Å². The summed E-state index contributed by atoms with van der Waals surface area (Å²) < 4.78 is 5.90. The zero-order valence-electron chi connectivity index (χ0n) is 10.1. The van der Waals surface area contributed by atoms with Gasteiger partial charge in [0.15, 0.2) is 0 Å². The van der Waals surface area contributed by atoms with E-state index in [1.165, 1.54) is 25.9 Å². The van der Waals surface area contributed by atoms with E-state index >= 15 is 0 Å². The molecule has 0 aromatic heterocycles. The summed E-state index contributed by atoms with van der Waals surface area (Å²) in [6, 6.07) is 0. The Morgan fingerprint density at radius 3 is 2.88 bits per heavy atom. The van der Waals surface area contributed by atoms with E-state index in [-0.39, 0.29) is 6.10 Å². The molecule has 1 fully saturated rings. The third kappa shape index (κ3) is 3.35. The molecule has 2 N–H and O–H groups in total. The van der Waals surface area contributed by atoms with Gasteiger partial charge in [-0.2, -0.15) is 0 Å². The van der Waals surface area contributed by atoms with Crippen molar-refractivity contribution in [2.24, 2.45) is 11.7 Å². The van der Waals surface area contributed by atoms with Crippen LogP contribution in [0, 0.1) is 5.92 Å². The Balaban J connectivity index is 1.70. The van der Waals surface area contributed by atoms with Crippen molar-refractivity contribution in [2.45, 2.75) is 25.4 Å². The van der Waals surface area contributed by atoms with Gasteiger partial charge in [0, 0.05) is 5.70 Å². The number of allylic oxidation sites excluding steroid dienone is 1. The minimum absolute atomic E-state index is 0.199. The number of piperidine rings is 1. The Bertz CT molecular complexity index is 278. The van der Waals surface area contributed by atoms with Crippen molar-refractivity contribution in [1.29, 1.82) is 0 Å². The van der Waals surface area contributed by atoms with Crippen LogP contribution in [0.15, 0.2) is 23.9 Å². The number of hydrogen-bond donors (Lipinski definition) is 1. The van der Waals surface area contributed by atoms with Gasteiger partial charge in [-0.3, -0.25) is 0 Å². The van der Waals surface area contributed by atoms with Crippen molar-refractivity contribution >= 4 is 0 Å². The molecule has 0 aromatic rings. The molecular weight excluding hydrogens is 200 g/mol. The van der Waals surface area contributed by atoms with Crippen LogP contribution >= 0.6 is 0 Å². The molecule has 1 aliphatic heterocycles. The first-order valence-electron chi connectivity index (χ1n) is 6.18. The average molecular weight is 222 g/mol. The van der Waals surface area contributed by atoms with Crippen LogP contribution in [0.5, 0.6) is 0 Å². The molecule has 0 bridgehead atoms. The summed E-state index contributed by atoms with van der Waals surface area (Å²) in [5, 5.41) is 0. The van der Waals surface area contributed by atoms with Crippen molar-refractivity contribution < 1.29 is 4.74 Å². The normalized spacial score (nSPS) is 28.1. The van der Waals surface area contributed by atoms with Gasteiger partial charge in [-0.25, -0.2) is 0 Å². The van der Waals surface area contributed by atoms with Crippen LogP contribution < -0.4 is 5.73 Å². The van der Waals surface area contributed by atoms with Crippen molar-refractivity contribution in [1.82, 2.24) is 4.90 Å². The van der Waals surface area contributed by atoms with Gasteiger partial charge in [0.1, 0.15) is 0 Å². The largest absolute Gasteiger partial charge is 0.399 e. The number of rotatable bonds is 3. The zero-order chi connectivity index (χ0) is 11.4. The first kappa shape index (κ1) is 11.7. The molecule has 1 aliphatic carbocycles. The first-order valence-corrected chi connectivity index (χ1v) is 6.18. The fourth-order valence-corrected chi connectivity index (χ4v) is 2.28. The molecule has 0 radical (unpaired) electrons. The Morgan fingerprint density at radius 2 is 2.19 bits per heavy atom. The maximum Gasteiger partial charge on any atom is 0.0813 e. The number of hydrogen-bond acceptors (Lipinski definition) is 3. The molecule has 3 nitrogen and oxygen atoms in total. The molecule has 0 saturated carbocycles. The van der Waals surface area contributed by atoms with Gasteiger partial charge in [-0.15, -0.1) is 0 Å². The van der Waals surface area contributed by atoms with Crippen LogP contribution in [0.25, 0.3) is 0 Å². The predicted molar refractivity (Wildman–Crippen MR) is 66.0 cm³/mol. The van der Waals surface area contributed by atoms with E-state index in [1.54, 1.807) is 0 Å². The highest BCUT2D eigenvalue weighted by molar-refractivity contribution is 5.21. The van der Waals surface area contributed by atoms with Gasteiger partial charge < -0.3 is 15.4 Å². The molecule has 16 heavy (non-hydrogen) atoms. The van der Waals surface area contributed by atoms with E-state index in [9.17, 15) is 0 Å². The van der Waals surface area contributed by atoms with Crippen LogP contribution in [-0.2, 0) is 4.74 Å². The molecule has 1 unspecified atom stereocenters. The van der Waals surface area contributed by atoms with Crippen molar-refractivity contribution in [3.05, 3.63) is 23.9 Å². The number of ether oxygens (including phenoxy) is 1. The number of nitrogens with zero attached hydrogens (tertiary/aromatic N) is 1. The fourth-order valence-electron chi connectivity index (χ4n) is 2.28. The number of likely N-dealkylation sites (tertiary alicyclic amines) is 1. The summed E-state index contributed by atoms with van der Waals surface area (Å²) >= 11 is 0. The van der Waals surface area contributed by atoms with E-state index < -0.39 is 0 Å². The molecule has 90 valence electrons. The molecule has 0 amide bonds. The number of nitrogens with two attached hydrogens (primary N) is 1. The lowest BCUT2D eigenvalue weighted by Gasteiger charge is -2.29. The van der Waals surface area contributed by atoms with Gasteiger partial charge in [0.2, 0.25) is 0 Å². The second-order valence-electron chi connectivity index (χ2n) is 4.92. The topological polar surface area (TPSA) is 38.5 Å². The van der Waals surface area contributed by atoms with Crippen LogP contribution in [0.2, 0.25) is 0 Å². The van der Waals surface area contributed by atoms with Crippen LogP contribution in [0.4, 0.5) is 0 Å². The lowest BCUT2D eigenvalue weighted by molar-refractivity contribution is 0.0389. The molecule has 1 atom stereocenters. The Morgan fingerprint density at radius 1 is 1.44 bits per heavy atom. The Hall–Kier alpha value is -0.800. The van der Waals surface area contributed by atoms with Gasteiger partial charge >= 0.3 is 0 Å². The van der Waals surface area contributed by atoms with E-state index in [4.69, 9.17) is 10.5 Å². The van der Waals surface area contributed by atoms with Crippen LogP contribution in [0.3, 0.4) is 0 Å². The maximum absolute atomic E-state index is 5.90. The van der Waals surface area contributed by atoms with Gasteiger partial charge in [-0.1, -0.05) is 6.08 Å². The molecule has 3 heteroatoms. The summed E-state index contributed by atoms with van der Waals surface area (Å²) in [6.07, 6.45) is 9.76. The van der Waals surface area contributed by atoms with Gasteiger partial charge in [-0.05, 0) is 57.5 Å². The summed E-state index contributed by atoms with van der Waals surface area (Å²) in [4.78, 5) is 2.39. The summed E-state index contributed by atoms with van der Waals surface area (Å²) in [7, 11) is 2.19. The summed E-state index contributed by atoms with van der Waals surface area (Å²) in [5.74, 6) is 0.733. The zero-order valence-corrected chi connectivity index (χ0v) is 10.1. The monoisotopic (exact) mass is 222 g/mol. The quantitative estimate of drug-likeness (QED) is 0.787. The molecule has 2 aliphatic rings. The minimum Gasteiger partial charge on any atom is -0.399 e. The molecule has 0 spiro atoms. The van der Waals surface area contributed by atoms with Crippen LogP contribution in [0.1, 0.15) is 19.3 Å². The van der Waals surface area contributed by atoms with Crippen molar-refractivity contribution in [3.63, 3.8) is 0 Å². The summed E-state index contributed by atoms with van der Waals surface area (Å²) in [6.45, 7) is 3.29. The molecular formula is C13H22N2O. The molecule has 1 heterocycles. The second-order valence-corrected chi connectivity index (χ2v) is 4.92. The van der Waals surface area contributed by atoms with Gasteiger partial charge in [0.05, 0.1) is 12.7 Å². The lowest BCUT2D eigenvalue weighted by atomic mass is 9.98. The third-order valence-corrected chi connectivity index (χ3v) is 3.44. The van der Waals surface area contributed by atoms with E-state index in [2.05, 4.69) is 18.0 Å². The highest BCUT2D eigenvalue weighted by Crippen LogP contribution is 2.18. The Kier molecular flexibility index (Phi) is 4.02. The van der Waals surface area contributed by atoms with Crippen LogP contribution in [-0.4, -0.2) is 37.7 Å². The first-order chi connectivity index (χ1) is 7.74. The van der Waals surface area contributed by atoms with E-state index in [1.807, 2.05) is 12.2 Å². The SMILES string of the molecule is CN1CCC(COC2C=C(N)C=CC2)CC1. The smallest absolute Gasteiger partial charge is 0.0813 e. The highest BCUT2D eigenvalue weighted by atomic mass is 16.5. The highest BCUT2D eigenvalue weighted by Gasteiger charge is 2.18. The minimum atomic E-state index is 0.199. The molecule has 1 saturated heterocycles.